The number of likely N-dealkylation sites (tertiary alicyclic amines) is 1. The van der Waals surface area contributed by atoms with Crippen LogP contribution in [0.3, 0.4) is 0 Å². The minimum absolute atomic E-state index is 0.0437. The molecule has 1 fully saturated rings. The summed E-state index contributed by atoms with van der Waals surface area (Å²) < 4.78 is 12.7. The van der Waals surface area contributed by atoms with Gasteiger partial charge in [0.15, 0.2) is 0 Å². The maximum atomic E-state index is 13.0. The van der Waals surface area contributed by atoms with Crippen molar-refractivity contribution in [1.82, 2.24) is 4.90 Å². The number of aliphatic hydroxyl groups excluding tert-OH is 1. The van der Waals surface area contributed by atoms with Crippen LogP contribution in [0.25, 0.3) is 0 Å². The number of amides is 1. The van der Waals surface area contributed by atoms with Crippen LogP contribution in [-0.2, 0) is 9.16 Å². The molecule has 0 aromatic heterocycles. The third-order valence-corrected chi connectivity index (χ3v) is 12.2. The summed E-state index contributed by atoms with van der Waals surface area (Å²) in [4.78, 5) is 14.8. The second-order valence-electron chi connectivity index (χ2n) is 12.1. The summed E-state index contributed by atoms with van der Waals surface area (Å²) in [7, 11) is -2.57. The molecule has 0 spiro atoms. The highest BCUT2D eigenvalue weighted by atomic mass is 28.4. The monoisotopic (exact) mass is 511 g/mol. The Bertz CT molecular complexity index is 926. The molecule has 1 saturated heterocycles. The maximum absolute atomic E-state index is 13.0. The van der Waals surface area contributed by atoms with Gasteiger partial charge in [0.2, 0.25) is 0 Å². The fourth-order valence-corrected chi connectivity index (χ4v) is 10.2. The van der Waals surface area contributed by atoms with Crippen molar-refractivity contribution in [3.63, 3.8) is 0 Å². The Balaban J connectivity index is 1.79. The molecule has 1 heterocycles. The minimum Gasteiger partial charge on any atom is -0.444 e. The molecular formula is C30H45NO4Si. The Morgan fingerprint density at radius 3 is 1.94 bits per heavy atom. The first-order chi connectivity index (χ1) is 16.9. The molecule has 0 bridgehead atoms. The molecule has 1 unspecified atom stereocenters. The van der Waals surface area contributed by atoms with Crippen molar-refractivity contribution in [3.8, 4) is 0 Å². The Morgan fingerprint density at radius 2 is 1.50 bits per heavy atom. The Morgan fingerprint density at radius 1 is 0.972 bits per heavy atom. The number of carbonyl (C=O) groups is 1. The first-order valence-electron chi connectivity index (χ1n) is 13.3. The second kappa shape index (κ2) is 11.5. The van der Waals surface area contributed by atoms with Crippen molar-refractivity contribution in [2.75, 3.05) is 6.61 Å². The number of aliphatic hydroxyl groups is 1. The van der Waals surface area contributed by atoms with Crippen LogP contribution in [-0.4, -0.2) is 54.8 Å². The molecule has 1 aliphatic rings. The van der Waals surface area contributed by atoms with Crippen molar-refractivity contribution >= 4 is 24.8 Å². The normalized spacial score (nSPS) is 19.8. The van der Waals surface area contributed by atoms with E-state index in [0.29, 0.717) is 6.61 Å². The van der Waals surface area contributed by atoms with Gasteiger partial charge in [-0.1, -0.05) is 81.4 Å². The molecule has 0 radical (unpaired) electrons. The van der Waals surface area contributed by atoms with E-state index < -0.39 is 20.0 Å². The van der Waals surface area contributed by atoms with Gasteiger partial charge in [0.25, 0.3) is 8.32 Å². The van der Waals surface area contributed by atoms with Gasteiger partial charge in [-0.15, -0.1) is 0 Å². The average Bonchev–Trinajstić information content (AvgIpc) is 3.23. The molecule has 36 heavy (non-hydrogen) atoms. The summed E-state index contributed by atoms with van der Waals surface area (Å²) in [5, 5.41) is 12.8. The first kappa shape index (κ1) is 28.4. The van der Waals surface area contributed by atoms with E-state index in [1.54, 1.807) is 11.8 Å². The zero-order valence-corrected chi connectivity index (χ0v) is 24.2. The van der Waals surface area contributed by atoms with Gasteiger partial charge in [-0.05, 0) is 68.8 Å². The van der Waals surface area contributed by atoms with Crippen LogP contribution in [0, 0.1) is 0 Å². The number of hydrogen-bond donors (Lipinski definition) is 1. The number of benzene rings is 2. The fraction of sp³-hybridized carbons (Fsp3) is 0.567. The van der Waals surface area contributed by atoms with Gasteiger partial charge < -0.3 is 14.3 Å². The molecule has 5 nitrogen and oxygen atoms in total. The molecule has 198 valence electrons. The number of ether oxygens (including phenoxy) is 1. The predicted octanol–water partition coefficient (Wildman–Crippen LogP) is 5.49. The van der Waals surface area contributed by atoms with Crippen LogP contribution < -0.4 is 10.4 Å². The van der Waals surface area contributed by atoms with Gasteiger partial charge in [-0.3, -0.25) is 4.90 Å². The van der Waals surface area contributed by atoms with E-state index >= 15 is 0 Å². The van der Waals surface area contributed by atoms with Crippen molar-refractivity contribution < 1.29 is 19.1 Å². The third-order valence-electron chi connectivity index (χ3n) is 7.12. The Hall–Kier alpha value is -2.15. The highest BCUT2D eigenvalue weighted by Gasteiger charge is 2.50. The summed E-state index contributed by atoms with van der Waals surface area (Å²) in [5.74, 6) is 0. The molecule has 1 amide bonds. The van der Waals surface area contributed by atoms with E-state index in [2.05, 4.69) is 81.4 Å². The molecule has 0 saturated carbocycles. The Labute approximate surface area is 218 Å². The summed E-state index contributed by atoms with van der Waals surface area (Å²) in [6.07, 6.45) is 2.40. The van der Waals surface area contributed by atoms with Crippen LogP contribution in [0.1, 0.15) is 74.1 Å². The standard InChI is InChI=1S/C30H45NO4Si/c1-23(32)27-21-20-24(31(27)28(33)35-29(2,3)4)15-14-22-34-36(30(5,6)7,25-16-10-8-11-17-25)26-18-12-9-13-19-26/h8-13,16-19,23-24,27,32H,14-15,20-22H2,1-7H3/t23-,24?,27+/m1/s1. The van der Waals surface area contributed by atoms with E-state index in [9.17, 15) is 9.90 Å². The van der Waals surface area contributed by atoms with Crippen molar-refractivity contribution in [2.45, 2.75) is 103 Å². The van der Waals surface area contributed by atoms with Gasteiger partial charge in [0.1, 0.15) is 5.60 Å². The first-order valence-corrected chi connectivity index (χ1v) is 15.2. The molecule has 3 atom stereocenters. The van der Waals surface area contributed by atoms with E-state index in [-0.39, 0.29) is 23.2 Å². The van der Waals surface area contributed by atoms with Crippen LogP contribution in [0.2, 0.25) is 5.04 Å². The molecule has 1 aliphatic heterocycles. The zero-order chi connectivity index (χ0) is 26.6. The lowest BCUT2D eigenvalue weighted by Gasteiger charge is -2.43. The van der Waals surface area contributed by atoms with E-state index in [0.717, 1.165) is 25.7 Å². The van der Waals surface area contributed by atoms with Crippen LogP contribution in [0.5, 0.6) is 0 Å². The van der Waals surface area contributed by atoms with Crippen molar-refractivity contribution in [3.05, 3.63) is 60.7 Å². The quantitative estimate of drug-likeness (QED) is 0.376. The van der Waals surface area contributed by atoms with E-state index in [4.69, 9.17) is 9.16 Å². The summed E-state index contributed by atoms with van der Waals surface area (Å²) >= 11 is 0. The summed E-state index contributed by atoms with van der Waals surface area (Å²) in [6, 6.07) is 21.2. The fourth-order valence-electron chi connectivity index (χ4n) is 5.57. The Kier molecular flexibility index (Phi) is 9.07. The number of carbonyl (C=O) groups excluding carboxylic acids is 1. The maximum Gasteiger partial charge on any atom is 0.410 e. The predicted molar refractivity (Wildman–Crippen MR) is 149 cm³/mol. The lowest BCUT2D eigenvalue weighted by atomic mass is 10.1. The lowest BCUT2D eigenvalue weighted by molar-refractivity contribution is -0.00256. The van der Waals surface area contributed by atoms with Crippen molar-refractivity contribution in [1.29, 1.82) is 0 Å². The lowest BCUT2D eigenvalue weighted by Crippen LogP contribution is -2.66. The largest absolute Gasteiger partial charge is 0.444 e. The smallest absolute Gasteiger partial charge is 0.410 e. The summed E-state index contributed by atoms with van der Waals surface area (Å²) in [5.41, 5.74) is -0.570. The topological polar surface area (TPSA) is 59.0 Å². The molecule has 2 aromatic rings. The van der Waals surface area contributed by atoms with E-state index in [1.165, 1.54) is 10.4 Å². The zero-order valence-electron chi connectivity index (χ0n) is 23.2. The highest BCUT2D eigenvalue weighted by Crippen LogP contribution is 2.37. The third kappa shape index (κ3) is 6.39. The number of rotatable bonds is 8. The van der Waals surface area contributed by atoms with Crippen LogP contribution in [0.4, 0.5) is 4.79 Å². The van der Waals surface area contributed by atoms with Gasteiger partial charge in [0, 0.05) is 12.6 Å². The minimum atomic E-state index is -2.57. The SMILES string of the molecule is C[C@@H](O)[C@@H]1CCC(CCCO[Si](c2ccccc2)(c2ccccc2)C(C)(C)C)N1C(=O)OC(C)(C)C. The van der Waals surface area contributed by atoms with Crippen LogP contribution in [0.15, 0.2) is 60.7 Å². The van der Waals surface area contributed by atoms with Gasteiger partial charge in [-0.2, -0.15) is 0 Å². The molecule has 0 aliphatic carbocycles. The molecule has 3 rings (SSSR count). The van der Waals surface area contributed by atoms with Crippen molar-refractivity contribution in [2.24, 2.45) is 0 Å². The molecular weight excluding hydrogens is 466 g/mol. The van der Waals surface area contributed by atoms with Gasteiger partial charge >= 0.3 is 6.09 Å². The average molecular weight is 512 g/mol. The number of nitrogens with zero attached hydrogens (tertiary/aromatic N) is 1. The highest BCUT2D eigenvalue weighted by molar-refractivity contribution is 6.99. The molecule has 1 N–H and O–H groups in total. The van der Waals surface area contributed by atoms with Crippen LogP contribution >= 0.6 is 0 Å². The van der Waals surface area contributed by atoms with Gasteiger partial charge in [0.05, 0.1) is 12.1 Å². The molecule has 6 heteroatoms. The number of hydrogen-bond acceptors (Lipinski definition) is 4. The summed E-state index contributed by atoms with van der Waals surface area (Å²) in [6.45, 7) is 14.9. The van der Waals surface area contributed by atoms with Gasteiger partial charge in [-0.25, -0.2) is 4.79 Å². The second-order valence-corrected chi connectivity index (χ2v) is 16.4. The van der Waals surface area contributed by atoms with E-state index in [1.807, 2.05) is 20.8 Å². The molecule has 2 aromatic carbocycles.